The lowest BCUT2D eigenvalue weighted by molar-refractivity contribution is -0.129. The van der Waals surface area contributed by atoms with E-state index in [0.717, 1.165) is 4.90 Å². The molecule has 2 aliphatic rings. The molecule has 7 heteroatoms. The molecular formula is C16H15N3O4. The Kier molecular flexibility index (Phi) is 3.76. The van der Waals surface area contributed by atoms with Crippen molar-refractivity contribution in [2.45, 2.75) is 25.1 Å². The summed E-state index contributed by atoms with van der Waals surface area (Å²) in [5.41, 5.74) is 0.994. The normalized spacial score (nSPS) is 23.3. The van der Waals surface area contributed by atoms with E-state index in [4.69, 9.17) is 6.42 Å². The van der Waals surface area contributed by atoms with Crippen molar-refractivity contribution in [2.75, 3.05) is 11.9 Å². The number of imide groups is 1. The molecule has 0 bridgehead atoms. The smallest absolute Gasteiger partial charge is 0.264 e. The van der Waals surface area contributed by atoms with E-state index in [2.05, 4.69) is 16.6 Å². The van der Waals surface area contributed by atoms with Gasteiger partial charge < -0.3 is 15.7 Å². The molecule has 2 aliphatic heterocycles. The molecule has 118 valence electrons. The maximum Gasteiger partial charge on any atom is 0.264 e. The van der Waals surface area contributed by atoms with E-state index in [1.165, 1.54) is 0 Å². The lowest BCUT2D eigenvalue weighted by Crippen LogP contribution is -2.57. The zero-order chi connectivity index (χ0) is 16.6. The van der Waals surface area contributed by atoms with Crippen molar-refractivity contribution in [1.82, 2.24) is 10.2 Å². The van der Waals surface area contributed by atoms with Crippen LogP contribution in [0.15, 0.2) is 18.2 Å². The molecule has 7 nitrogen and oxygen atoms in total. The SMILES string of the molecule is C#CCNc1cccc2c1C(=O)N(C1CCC(=O)NC1O)C2=O. The lowest BCUT2D eigenvalue weighted by atomic mass is 10.0. The summed E-state index contributed by atoms with van der Waals surface area (Å²) in [5.74, 6) is 1.14. The summed E-state index contributed by atoms with van der Waals surface area (Å²) in [6.07, 6.45) is 4.33. The largest absolute Gasteiger partial charge is 0.373 e. The first-order valence-corrected chi connectivity index (χ1v) is 7.20. The Morgan fingerprint density at radius 2 is 2.13 bits per heavy atom. The van der Waals surface area contributed by atoms with Gasteiger partial charge in [0.2, 0.25) is 5.91 Å². The van der Waals surface area contributed by atoms with Gasteiger partial charge in [0.05, 0.1) is 23.7 Å². The molecule has 3 amide bonds. The zero-order valence-corrected chi connectivity index (χ0v) is 12.2. The summed E-state index contributed by atoms with van der Waals surface area (Å²) < 4.78 is 0. The summed E-state index contributed by atoms with van der Waals surface area (Å²) in [4.78, 5) is 37.6. The van der Waals surface area contributed by atoms with Crippen molar-refractivity contribution in [3.63, 3.8) is 0 Å². The molecule has 3 N–H and O–H groups in total. The third kappa shape index (κ3) is 2.43. The average Bonchev–Trinajstić information content (AvgIpc) is 2.78. The number of carbonyl (C=O) groups excluding carboxylic acids is 3. The molecule has 1 fully saturated rings. The van der Waals surface area contributed by atoms with Crippen LogP contribution in [0.5, 0.6) is 0 Å². The molecule has 0 saturated carbocycles. The predicted octanol–water partition coefficient (Wildman–Crippen LogP) is -0.0753. The average molecular weight is 313 g/mol. The van der Waals surface area contributed by atoms with Gasteiger partial charge in [-0.05, 0) is 18.6 Å². The summed E-state index contributed by atoms with van der Waals surface area (Å²) in [5, 5.41) is 15.3. The minimum Gasteiger partial charge on any atom is -0.373 e. The summed E-state index contributed by atoms with van der Waals surface area (Å²) in [6.45, 7) is 0.222. The van der Waals surface area contributed by atoms with Gasteiger partial charge in [0.25, 0.3) is 11.8 Å². The standard InChI is InChI=1S/C16H15N3O4/c1-2-8-17-10-5-3-4-9-13(10)16(23)19(15(9)22)11-6-7-12(20)18-14(11)21/h1,3-5,11,14,17,21H,6-8H2,(H,18,20). The van der Waals surface area contributed by atoms with Gasteiger partial charge in [-0.3, -0.25) is 19.3 Å². The van der Waals surface area contributed by atoms with Gasteiger partial charge in [0, 0.05) is 12.1 Å². The summed E-state index contributed by atoms with van der Waals surface area (Å²) in [7, 11) is 0. The Morgan fingerprint density at radius 1 is 1.35 bits per heavy atom. The van der Waals surface area contributed by atoms with E-state index in [1.54, 1.807) is 18.2 Å². The molecular weight excluding hydrogens is 298 g/mol. The first-order valence-electron chi connectivity index (χ1n) is 7.20. The van der Waals surface area contributed by atoms with E-state index in [1.807, 2.05) is 0 Å². The number of rotatable bonds is 3. The maximum absolute atomic E-state index is 12.7. The Labute approximate surface area is 132 Å². The second-order valence-corrected chi connectivity index (χ2v) is 5.38. The molecule has 2 unspecified atom stereocenters. The van der Waals surface area contributed by atoms with Crippen LogP contribution < -0.4 is 10.6 Å². The predicted molar refractivity (Wildman–Crippen MR) is 81.4 cm³/mol. The second kappa shape index (κ2) is 5.74. The van der Waals surface area contributed by atoms with Crippen LogP contribution in [-0.2, 0) is 4.79 Å². The zero-order valence-electron chi connectivity index (χ0n) is 12.2. The third-order valence-electron chi connectivity index (χ3n) is 4.00. The van der Waals surface area contributed by atoms with Gasteiger partial charge in [0.1, 0.15) is 6.23 Å². The Balaban J connectivity index is 1.95. The fraction of sp³-hybridized carbons (Fsp3) is 0.312. The minimum absolute atomic E-state index is 0.150. The first-order chi connectivity index (χ1) is 11.0. The van der Waals surface area contributed by atoms with Gasteiger partial charge in [-0.2, -0.15) is 0 Å². The Hall–Kier alpha value is -2.85. The number of aliphatic hydroxyl groups excluding tert-OH is 1. The van der Waals surface area contributed by atoms with Crippen LogP contribution >= 0.6 is 0 Å². The number of amides is 3. The number of hydrogen-bond donors (Lipinski definition) is 3. The molecule has 2 heterocycles. The second-order valence-electron chi connectivity index (χ2n) is 5.38. The summed E-state index contributed by atoms with van der Waals surface area (Å²) in [6, 6.07) is 4.11. The van der Waals surface area contributed by atoms with E-state index in [0.29, 0.717) is 5.69 Å². The molecule has 1 aromatic rings. The van der Waals surface area contributed by atoms with Crippen LogP contribution in [0.25, 0.3) is 0 Å². The molecule has 23 heavy (non-hydrogen) atoms. The van der Waals surface area contributed by atoms with E-state index < -0.39 is 24.1 Å². The molecule has 2 atom stereocenters. The monoisotopic (exact) mass is 313 g/mol. The highest BCUT2D eigenvalue weighted by Crippen LogP contribution is 2.32. The van der Waals surface area contributed by atoms with Gasteiger partial charge in [-0.25, -0.2) is 0 Å². The van der Waals surface area contributed by atoms with Crippen LogP contribution in [0, 0.1) is 12.3 Å². The number of nitrogens with one attached hydrogen (secondary N) is 2. The molecule has 1 saturated heterocycles. The highest BCUT2D eigenvalue weighted by molar-refractivity contribution is 6.24. The lowest BCUT2D eigenvalue weighted by Gasteiger charge is -2.33. The Bertz CT molecular complexity index is 737. The molecule has 1 aromatic carbocycles. The van der Waals surface area contributed by atoms with Crippen molar-refractivity contribution in [3.8, 4) is 12.3 Å². The number of terminal acetylenes is 1. The highest BCUT2D eigenvalue weighted by atomic mass is 16.3. The third-order valence-corrected chi connectivity index (χ3v) is 4.00. The molecule has 0 spiro atoms. The molecule has 0 aromatic heterocycles. The van der Waals surface area contributed by atoms with Crippen molar-refractivity contribution < 1.29 is 19.5 Å². The van der Waals surface area contributed by atoms with Crippen LogP contribution in [0.2, 0.25) is 0 Å². The summed E-state index contributed by atoms with van der Waals surface area (Å²) >= 11 is 0. The highest BCUT2D eigenvalue weighted by Gasteiger charge is 2.45. The van der Waals surface area contributed by atoms with Crippen LogP contribution in [0.4, 0.5) is 5.69 Å². The minimum atomic E-state index is -1.26. The van der Waals surface area contributed by atoms with Crippen LogP contribution in [0.1, 0.15) is 33.6 Å². The van der Waals surface area contributed by atoms with Crippen molar-refractivity contribution in [3.05, 3.63) is 29.3 Å². The van der Waals surface area contributed by atoms with Crippen molar-refractivity contribution in [1.29, 1.82) is 0 Å². The quantitative estimate of drug-likeness (QED) is 0.536. The fourth-order valence-electron chi connectivity index (χ4n) is 2.94. The number of aliphatic hydroxyl groups is 1. The van der Waals surface area contributed by atoms with Crippen molar-refractivity contribution in [2.24, 2.45) is 0 Å². The maximum atomic E-state index is 12.7. The number of nitrogens with zero attached hydrogens (tertiary/aromatic N) is 1. The van der Waals surface area contributed by atoms with Crippen molar-refractivity contribution >= 4 is 23.4 Å². The van der Waals surface area contributed by atoms with Crippen LogP contribution in [-0.4, -0.2) is 46.5 Å². The molecule has 0 aliphatic carbocycles. The number of piperidine rings is 1. The van der Waals surface area contributed by atoms with Gasteiger partial charge >= 0.3 is 0 Å². The van der Waals surface area contributed by atoms with E-state index in [9.17, 15) is 19.5 Å². The Morgan fingerprint density at radius 3 is 2.83 bits per heavy atom. The topological polar surface area (TPSA) is 98.7 Å². The number of fused-ring (bicyclic) bond motifs is 1. The van der Waals surface area contributed by atoms with E-state index in [-0.39, 0.29) is 36.4 Å². The van der Waals surface area contributed by atoms with Gasteiger partial charge in [0.15, 0.2) is 0 Å². The molecule has 0 radical (unpaired) electrons. The fourth-order valence-corrected chi connectivity index (χ4v) is 2.94. The number of benzene rings is 1. The number of anilines is 1. The van der Waals surface area contributed by atoms with Gasteiger partial charge in [-0.15, -0.1) is 6.42 Å². The van der Waals surface area contributed by atoms with Gasteiger partial charge in [-0.1, -0.05) is 12.0 Å². The first kappa shape index (κ1) is 15.1. The number of hydrogen-bond acceptors (Lipinski definition) is 5. The van der Waals surface area contributed by atoms with E-state index >= 15 is 0 Å². The molecule has 3 rings (SSSR count). The number of carbonyl (C=O) groups is 3. The van der Waals surface area contributed by atoms with Crippen LogP contribution in [0.3, 0.4) is 0 Å².